The molecule has 0 bridgehead atoms. The molecule has 0 saturated carbocycles. The molecule has 1 N–H and O–H groups in total. The molecule has 2 aliphatic heterocycles. The van der Waals surface area contributed by atoms with Gasteiger partial charge in [-0.1, -0.05) is 6.58 Å². The summed E-state index contributed by atoms with van der Waals surface area (Å²) in [5, 5.41) is 3.95. The van der Waals surface area contributed by atoms with Gasteiger partial charge in [-0.05, 0) is 30.3 Å². The zero-order valence-corrected chi connectivity index (χ0v) is 16.1. The van der Waals surface area contributed by atoms with Crippen molar-refractivity contribution in [3.8, 4) is 0 Å². The number of sulfonamides is 1. The number of benzene rings is 1. The molecule has 1 aromatic rings. The summed E-state index contributed by atoms with van der Waals surface area (Å²) in [5.41, 5.74) is -0.951. The van der Waals surface area contributed by atoms with Crippen LogP contribution in [-0.2, 0) is 21.0 Å². The summed E-state index contributed by atoms with van der Waals surface area (Å²) < 4.78 is 65.7. The Morgan fingerprint density at radius 2 is 1.93 bits per heavy atom. The van der Waals surface area contributed by atoms with E-state index in [0.717, 1.165) is 22.5 Å². The fourth-order valence-corrected chi connectivity index (χ4v) is 5.20. The fraction of sp³-hybridized carbons (Fsp3) is 0.471. The van der Waals surface area contributed by atoms with Crippen LogP contribution in [0.4, 0.5) is 13.2 Å². The van der Waals surface area contributed by atoms with Crippen molar-refractivity contribution in [1.29, 1.82) is 0 Å². The molecule has 158 valence electrons. The van der Waals surface area contributed by atoms with Gasteiger partial charge in [-0.2, -0.15) is 17.5 Å². The molecule has 0 aromatic heterocycles. The average Bonchev–Trinajstić information content (AvgIpc) is 3.05. The Kier molecular flexibility index (Phi) is 5.68. The van der Waals surface area contributed by atoms with Crippen molar-refractivity contribution in [2.24, 2.45) is 5.92 Å². The Labute approximate surface area is 165 Å². The SMILES string of the molecule is C=CC(=O)NCC1CN2C(CC[N+]2=O)N(S(=O)(=O)c2ccc(C(F)(F)F)cc2)C1. The quantitative estimate of drug-likeness (QED) is 0.560. The number of hydrogen-bond donors (Lipinski definition) is 1. The minimum atomic E-state index is -4.58. The lowest BCUT2D eigenvalue weighted by atomic mass is 10.1. The van der Waals surface area contributed by atoms with Gasteiger partial charge in [-0.3, -0.25) is 4.79 Å². The summed E-state index contributed by atoms with van der Waals surface area (Å²) in [6.45, 7) is 3.85. The molecule has 0 radical (unpaired) electrons. The van der Waals surface area contributed by atoms with E-state index in [4.69, 9.17) is 0 Å². The largest absolute Gasteiger partial charge is 0.416 e. The third-order valence-corrected chi connectivity index (χ3v) is 6.84. The van der Waals surface area contributed by atoms with Gasteiger partial charge in [0.1, 0.15) is 4.87 Å². The number of nitroso groups, excluding NO2 is 1. The number of halogens is 3. The second kappa shape index (κ2) is 7.75. The van der Waals surface area contributed by atoms with E-state index in [1.54, 1.807) is 0 Å². The van der Waals surface area contributed by atoms with Crippen LogP contribution in [0.5, 0.6) is 0 Å². The Morgan fingerprint density at radius 1 is 1.28 bits per heavy atom. The zero-order chi connectivity index (χ0) is 21.4. The molecule has 2 aliphatic rings. The molecular weight excluding hydrogens is 413 g/mol. The van der Waals surface area contributed by atoms with Gasteiger partial charge in [-0.25, -0.2) is 8.42 Å². The Morgan fingerprint density at radius 3 is 2.52 bits per heavy atom. The molecule has 2 atom stereocenters. The number of carbonyl (C=O) groups excluding carboxylic acids is 1. The summed E-state index contributed by atoms with van der Waals surface area (Å²) in [6.07, 6.45) is -3.94. The molecule has 1 aromatic carbocycles. The maximum atomic E-state index is 13.1. The fourth-order valence-electron chi connectivity index (χ4n) is 3.51. The number of nitrogens with zero attached hydrogens (tertiary/aromatic N) is 3. The highest BCUT2D eigenvalue weighted by Crippen LogP contribution is 2.33. The number of amides is 1. The molecule has 2 saturated heterocycles. The van der Waals surface area contributed by atoms with E-state index in [-0.39, 0.29) is 43.4 Å². The molecular formula is C17H20F3N4O4S+. The summed E-state index contributed by atoms with van der Waals surface area (Å²) in [6, 6.07) is 3.25. The molecule has 0 spiro atoms. The van der Waals surface area contributed by atoms with Gasteiger partial charge < -0.3 is 5.32 Å². The third kappa shape index (κ3) is 4.27. The van der Waals surface area contributed by atoms with E-state index in [9.17, 15) is 31.3 Å². The van der Waals surface area contributed by atoms with E-state index in [0.29, 0.717) is 17.0 Å². The number of hydrogen-bond acceptors (Lipinski definition) is 4. The van der Waals surface area contributed by atoms with Crippen LogP contribution in [0.25, 0.3) is 0 Å². The number of rotatable bonds is 5. The first kappa shape index (κ1) is 21.2. The maximum absolute atomic E-state index is 13.1. The second-order valence-electron chi connectivity index (χ2n) is 6.88. The number of fused-ring (bicyclic) bond motifs is 1. The van der Waals surface area contributed by atoms with Crippen molar-refractivity contribution in [3.05, 3.63) is 47.4 Å². The van der Waals surface area contributed by atoms with E-state index < -0.39 is 33.8 Å². The van der Waals surface area contributed by atoms with E-state index >= 15 is 0 Å². The van der Waals surface area contributed by atoms with Crippen LogP contribution >= 0.6 is 0 Å². The van der Waals surface area contributed by atoms with E-state index in [1.807, 2.05) is 0 Å². The Hall–Kier alpha value is -2.47. The molecule has 3 rings (SSSR count). The molecule has 1 amide bonds. The van der Waals surface area contributed by atoms with Gasteiger partial charge in [0.05, 0.1) is 28.3 Å². The lowest BCUT2D eigenvalue weighted by Crippen LogP contribution is -2.59. The van der Waals surface area contributed by atoms with Crippen molar-refractivity contribution in [1.82, 2.24) is 14.6 Å². The van der Waals surface area contributed by atoms with Gasteiger partial charge in [0, 0.05) is 19.0 Å². The number of nitrogens with one attached hydrogen (secondary N) is 1. The lowest BCUT2D eigenvalue weighted by Gasteiger charge is -2.38. The van der Waals surface area contributed by atoms with Crippen LogP contribution in [0.15, 0.2) is 41.8 Å². The van der Waals surface area contributed by atoms with Gasteiger partial charge >= 0.3 is 6.18 Å². The first-order valence-corrected chi connectivity index (χ1v) is 10.3. The van der Waals surface area contributed by atoms with Crippen LogP contribution in [0.3, 0.4) is 0 Å². The molecule has 2 fully saturated rings. The second-order valence-corrected chi connectivity index (χ2v) is 8.77. The van der Waals surface area contributed by atoms with Crippen LogP contribution in [0.1, 0.15) is 12.0 Å². The highest BCUT2D eigenvalue weighted by Gasteiger charge is 2.51. The summed E-state index contributed by atoms with van der Waals surface area (Å²) in [4.78, 5) is 23.9. The smallest absolute Gasteiger partial charge is 0.352 e. The van der Waals surface area contributed by atoms with Gasteiger partial charge in [-0.15, -0.1) is 5.01 Å². The van der Waals surface area contributed by atoms with E-state index in [1.165, 1.54) is 5.01 Å². The monoisotopic (exact) mass is 433 g/mol. The highest BCUT2D eigenvalue weighted by molar-refractivity contribution is 7.89. The first-order valence-electron chi connectivity index (χ1n) is 8.84. The standard InChI is InChI=1S/C17H19F3N4O4S/c1-2-15(25)21-9-12-10-22-16(7-8-24(22)26)23(11-12)29(27,28)14-5-3-13(4-6-14)17(18,19)20/h2-6,12,16H,1,7-11H2/p+1. The van der Waals surface area contributed by atoms with Crippen LogP contribution in [-0.4, -0.2) is 60.9 Å². The maximum Gasteiger partial charge on any atom is 0.416 e. The first-order chi connectivity index (χ1) is 13.5. The Bertz CT molecular complexity index is 918. The molecule has 2 unspecified atom stereocenters. The predicted molar refractivity (Wildman–Crippen MR) is 95.6 cm³/mol. The molecule has 29 heavy (non-hydrogen) atoms. The normalized spacial score (nSPS) is 23.0. The van der Waals surface area contributed by atoms with Crippen molar-refractivity contribution < 1.29 is 31.3 Å². The van der Waals surface area contributed by atoms with Crippen molar-refractivity contribution in [2.45, 2.75) is 23.7 Å². The minimum Gasteiger partial charge on any atom is -0.352 e. The van der Waals surface area contributed by atoms with Crippen LogP contribution in [0, 0.1) is 10.8 Å². The predicted octanol–water partition coefficient (Wildman–Crippen LogP) is 1.35. The number of hydrazine groups is 1. The molecule has 8 nitrogen and oxygen atoms in total. The topological polar surface area (TPSA) is 89.8 Å². The summed E-state index contributed by atoms with van der Waals surface area (Å²) >= 11 is 0. The van der Waals surface area contributed by atoms with Gasteiger partial charge in [0.15, 0.2) is 6.17 Å². The van der Waals surface area contributed by atoms with E-state index in [2.05, 4.69) is 11.9 Å². The minimum absolute atomic E-state index is 0.0236. The number of alkyl halides is 3. The Balaban J connectivity index is 1.87. The highest BCUT2D eigenvalue weighted by atomic mass is 32.2. The van der Waals surface area contributed by atoms with Crippen molar-refractivity contribution in [3.63, 3.8) is 0 Å². The summed E-state index contributed by atoms with van der Waals surface area (Å²) in [5.74, 6) is -0.807. The van der Waals surface area contributed by atoms with Crippen molar-refractivity contribution in [2.75, 3.05) is 26.2 Å². The molecule has 2 heterocycles. The number of carbonyl (C=O) groups is 1. The molecule has 0 aliphatic carbocycles. The van der Waals surface area contributed by atoms with Gasteiger partial charge in [0.25, 0.3) is 0 Å². The van der Waals surface area contributed by atoms with Gasteiger partial charge in [0.2, 0.25) is 22.5 Å². The van der Waals surface area contributed by atoms with Crippen molar-refractivity contribution >= 4 is 15.9 Å². The zero-order valence-electron chi connectivity index (χ0n) is 15.3. The lowest BCUT2D eigenvalue weighted by molar-refractivity contribution is -0.695. The molecule has 12 heteroatoms. The summed E-state index contributed by atoms with van der Waals surface area (Å²) in [7, 11) is -4.15. The average molecular weight is 433 g/mol. The van der Waals surface area contributed by atoms with Crippen LogP contribution < -0.4 is 5.32 Å². The third-order valence-electron chi connectivity index (χ3n) is 4.96. The van der Waals surface area contributed by atoms with Crippen LogP contribution in [0.2, 0.25) is 0 Å².